The molecule has 0 aromatic heterocycles. The number of ether oxygens (including phenoxy) is 1. The summed E-state index contributed by atoms with van der Waals surface area (Å²) in [4.78, 5) is 12.5. The molecule has 3 unspecified atom stereocenters. The second kappa shape index (κ2) is 3.72. The fraction of sp³-hybridized carbons (Fsp3) is 0.471. The molecule has 3 aliphatic carbocycles. The van der Waals surface area contributed by atoms with Gasteiger partial charge in [0.25, 0.3) is 0 Å². The molecule has 1 spiro atoms. The van der Waals surface area contributed by atoms with Crippen molar-refractivity contribution in [3.8, 4) is 5.75 Å². The van der Waals surface area contributed by atoms with Crippen molar-refractivity contribution in [3.05, 3.63) is 41.5 Å². The normalized spacial score (nSPS) is 34.9. The first-order valence-corrected chi connectivity index (χ1v) is 7.09. The summed E-state index contributed by atoms with van der Waals surface area (Å²) in [6, 6.07) is 5.98. The molecule has 1 aromatic carbocycles. The third kappa shape index (κ3) is 1.52. The molecule has 0 radical (unpaired) electrons. The van der Waals surface area contributed by atoms with Crippen molar-refractivity contribution in [1.82, 2.24) is 0 Å². The zero-order valence-electron chi connectivity index (χ0n) is 11.2. The van der Waals surface area contributed by atoms with Crippen LogP contribution >= 0.6 is 0 Å². The Hall–Kier alpha value is -1.57. The van der Waals surface area contributed by atoms with Gasteiger partial charge in [0.2, 0.25) is 0 Å². The van der Waals surface area contributed by atoms with Crippen molar-refractivity contribution < 1.29 is 9.53 Å². The molecule has 3 atom stereocenters. The van der Waals surface area contributed by atoms with Gasteiger partial charge in [-0.3, -0.25) is 4.79 Å². The van der Waals surface area contributed by atoms with Crippen molar-refractivity contribution in [1.29, 1.82) is 0 Å². The number of hydrogen-bond acceptors (Lipinski definition) is 2. The predicted octanol–water partition coefficient (Wildman–Crippen LogP) is 3.41. The Bertz CT molecular complexity index is 587. The van der Waals surface area contributed by atoms with Gasteiger partial charge in [-0.2, -0.15) is 0 Å². The summed E-state index contributed by atoms with van der Waals surface area (Å²) in [5, 5.41) is 0. The van der Waals surface area contributed by atoms with Crippen LogP contribution in [0.3, 0.4) is 0 Å². The number of methoxy groups -OCH3 is 1. The number of benzene rings is 1. The van der Waals surface area contributed by atoms with Crippen molar-refractivity contribution in [2.24, 2.45) is 17.3 Å². The van der Waals surface area contributed by atoms with E-state index >= 15 is 0 Å². The third-order valence-electron chi connectivity index (χ3n) is 5.30. The molecule has 0 aliphatic heterocycles. The molecule has 19 heavy (non-hydrogen) atoms. The van der Waals surface area contributed by atoms with E-state index in [1.54, 1.807) is 7.11 Å². The molecule has 2 bridgehead atoms. The number of ketones is 1. The molecule has 1 fully saturated rings. The first kappa shape index (κ1) is 11.3. The number of fused-ring (bicyclic) bond motifs is 4. The zero-order valence-corrected chi connectivity index (χ0v) is 11.2. The summed E-state index contributed by atoms with van der Waals surface area (Å²) in [5.41, 5.74) is 2.33. The van der Waals surface area contributed by atoms with Gasteiger partial charge in [-0.05, 0) is 54.2 Å². The Morgan fingerprint density at radius 2 is 2.16 bits per heavy atom. The monoisotopic (exact) mass is 254 g/mol. The number of carbonyl (C=O) groups excluding carboxylic acids is 1. The molecule has 98 valence electrons. The highest BCUT2D eigenvalue weighted by atomic mass is 16.5. The van der Waals surface area contributed by atoms with Gasteiger partial charge in [-0.15, -0.1) is 0 Å². The van der Waals surface area contributed by atoms with E-state index in [9.17, 15) is 4.79 Å². The van der Waals surface area contributed by atoms with Crippen molar-refractivity contribution in [2.45, 2.75) is 25.7 Å². The van der Waals surface area contributed by atoms with Gasteiger partial charge >= 0.3 is 0 Å². The highest BCUT2D eigenvalue weighted by molar-refractivity contribution is 5.99. The number of Topliss-reactive ketones (excluding diaryl/α,β-unsaturated/α-hetero) is 1. The van der Waals surface area contributed by atoms with Crippen LogP contribution in [0.25, 0.3) is 0 Å². The summed E-state index contributed by atoms with van der Waals surface area (Å²) < 4.78 is 5.23. The maximum Gasteiger partial charge on any atom is 0.163 e. The van der Waals surface area contributed by atoms with Gasteiger partial charge in [0.1, 0.15) is 5.75 Å². The number of rotatable bonds is 1. The second-order valence-corrected chi connectivity index (χ2v) is 6.35. The van der Waals surface area contributed by atoms with Gasteiger partial charge in [-0.25, -0.2) is 0 Å². The second-order valence-electron chi connectivity index (χ2n) is 6.35. The van der Waals surface area contributed by atoms with Gasteiger partial charge in [0.15, 0.2) is 5.78 Å². The van der Waals surface area contributed by atoms with Crippen molar-refractivity contribution >= 4 is 5.78 Å². The van der Waals surface area contributed by atoms with E-state index in [0.717, 1.165) is 30.1 Å². The Morgan fingerprint density at radius 1 is 1.26 bits per heavy atom. The number of allylic oxidation sites excluding steroid dienone is 2. The summed E-state index contributed by atoms with van der Waals surface area (Å²) in [5.74, 6) is 2.44. The van der Waals surface area contributed by atoms with Crippen LogP contribution in [0.4, 0.5) is 0 Å². The Balaban J connectivity index is 1.75. The Morgan fingerprint density at radius 3 is 2.84 bits per heavy atom. The van der Waals surface area contributed by atoms with Crippen LogP contribution in [0, 0.1) is 17.3 Å². The summed E-state index contributed by atoms with van der Waals surface area (Å²) in [7, 11) is 1.65. The quantitative estimate of drug-likeness (QED) is 0.718. The molecule has 0 saturated heterocycles. The van der Waals surface area contributed by atoms with E-state index < -0.39 is 0 Å². The maximum absolute atomic E-state index is 12.5. The standard InChI is InChI=1S/C17H18O2/c1-19-14-5-3-12-9-17(10-16(18)15(12)7-14)8-11-2-4-13(17)6-11/h2-5,7,11,13H,6,8-10H2,1H3. The lowest BCUT2D eigenvalue weighted by Crippen LogP contribution is -2.35. The molecule has 1 saturated carbocycles. The highest BCUT2D eigenvalue weighted by Gasteiger charge is 2.51. The van der Waals surface area contributed by atoms with Crippen LogP contribution in [-0.4, -0.2) is 12.9 Å². The maximum atomic E-state index is 12.5. The summed E-state index contributed by atoms with van der Waals surface area (Å²) >= 11 is 0. The highest BCUT2D eigenvalue weighted by Crippen LogP contribution is 2.57. The first-order chi connectivity index (χ1) is 9.20. The fourth-order valence-corrected chi connectivity index (χ4v) is 4.41. The van der Waals surface area contributed by atoms with Crippen LogP contribution in [0.2, 0.25) is 0 Å². The lowest BCUT2D eigenvalue weighted by molar-refractivity contribution is 0.0848. The zero-order chi connectivity index (χ0) is 13.0. The topological polar surface area (TPSA) is 26.3 Å². The summed E-state index contributed by atoms with van der Waals surface area (Å²) in [6.07, 6.45) is 8.95. The number of hydrogen-bond donors (Lipinski definition) is 0. The van der Waals surface area contributed by atoms with E-state index in [-0.39, 0.29) is 5.41 Å². The van der Waals surface area contributed by atoms with Crippen LogP contribution in [-0.2, 0) is 6.42 Å². The summed E-state index contributed by atoms with van der Waals surface area (Å²) in [6.45, 7) is 0. The van der Waals surface area contributed by atoms with Crippen LogP contribution < -0.4 is 4.74 Å². The minimum Gasteiger partial charge on any atom is -0.497 e. The molecular formula is C17H18O2. The van der Waals surface area contributed by atoms with Crippen LogP contribution in [0.5, 0.6) is 5.75 Å². The van der Waals surface area contributed by atoms with E-state index in [1.165, 1.54) is 18.4 Å². The third-order valence-corrected chi connectivity index (χ3v) is 5.30. The molecule has 0 N–H and O–H groups in total. The smallest absolute Gasteiger partial charge is 0.163 e. The molecule has 2 nitrogen and oxygen atoms in total. The minimum absolute atomic E-state index is 0.220. The van der Waals surface area contributed by atoms with E-state index in [0.29, 0.717) is 11.7 Å². The average molecular weight is 254 g/mol. The first-order valence-electron chi connectivity index (χ1n) is 7.09. The van der Waals surface area contributed by atoms with Gasteiger partial charge < -0.3 is 4.74 Å². The predicted molar refractivity (Wildman–Crippen MR) is 73.4 cm³/mol. The molecule has 0 heterocycles. The van der Waals surface area contributed by atoms with Crippen LogP contribution in [0.15, 0.2) is 30.4 Å². The minimum atomic E-state index is 0.220. The van der Waals surface area contributed by atoms with Gasteiger partial charge in [0.05, 0.1) is 7.11 Å². The molecule has 3 aliphatic rings. The molecule has 2 heteroatoms. The van der Waals surface area contributed by atoms with Gasteiger partial charge in [-0.1, -0.05) is 18.2 Å². The largest absolute Gasteiger partial charge is 0.497 e. The average Bonchev–Trinajstić information content (AvgIpc) is 2.99. The lowest BCUT2D eigenvalue weighted by Gasteiger charge is -2.39. The van der Waals surface area contributed by atoms with E-state index in [2.05, 4.69) is 18.2 Å². The molecule has 0 amide bonds. The van der Waals surface area contributed by atoms with Gasteiger partial charge in [0, 0.05) is 12.0 Å². The van der Waals surface area contributed by atoms with Crippen LogP contribution in [0.1, 0.15) is 35.2 Å². The fourth-order valence-electron chi connectivity index (χ4n) is 4.41. The SMILES string of the molecule is COc1ccc2c(c1)C(=O)CC1(C2)CC2C=CC1C2. The lowest BCUT2D eigenvalue weighted by atomic mass is 9.64. The Labute approximate surface area is 113 Å². The van der Waals surface area contributed by atoms with E-state index in [1.807, 2.05) is 12.1 Å². The van der Waals surface area contributed by atoms with Crippen molar-refractivity contribution in [2.75, 3.05) is 7.11 Å². The Kier molecular flexibility index (Phi) is 2.21. The number of carbonyl (C=O) groups is 1. The molecule has 1 aromatic rings. The van der Waals surface area contributed by atoms with E-state index in [4.69, 9.17) is 4.74 Å². The van der Waals surface area contributed by atoms with Crippen molar-refractivity contribution in [3.63, 3.8) is 0 Å². The molecular weight excluding hydrogens is 236 g/mol. The molecule has 4 rings (SSSR count).